The molecule has 31 heavy (non-hydrogen) atoms. The summed E-state index contributed by atoms with van der Waals surface area (Å²) in [6.45, 7) is 2.15. The molecule has 0 amide bonds. The number of methoxy groups -OCH3 is 1. The smallest absolute Gasteiger partial charge is 0.368 e. The van der Waals surface area contributed by atoms with E-state index in [-0.39, 0.29) is 12.3 Å². The maximum absolute atomic E-state index is 12.4. The van der Waals surface area contributed by atoms with Gasteiger partial charge in [0.15, 0.2) is 0 Å². The fourth-order valence-corrected chi connectivity index (χ4v) is 3.57. The van der Waals surface area contributed by atoms with Crippen molar-refractivity contribution in [3.63, 3.8) is 0 Å². The number of nitrogens with zero attached hydrogens (tertiary/aromatic N) is 4. The lowest BCUT2D eigenvalue weighted by molar-refractivity contribution is 0.294. The largest absolute Gasteiger partial charge is 0.496 e. The number of benzene rings is 3. The van der Waals surface area contributed by atoms with E-state index in [0.29, 0.717) is 27.8 Å². The van der Waals surface area contributed by atoms with E-state index in [0.717, 1.165) is 16.7 Å². The number of hydrogen-bond donors (Lipinski definition) is 0. The quantitative estimate of drug-likeness (QED) is 0.453. The lowest BCUT2D eigenvalue weighted by atomic mass is 10.0. The van der Waals surface area contributed by atoms with Gasteiger partial charge in [-0.2, -0.15) is 9.36 Å². The molecule has 0 unspecified atom stereocenters. The number of aromatic nitrogens is 4. The molecule has 0 spiro atoms. The van der Waals surface area contributed by atoms with Crippen LogP contribution in [0.3, 0.4) is 0 Å². The van der Waals surface area contributed by atoms with E-state index in [1.807, 2.05) is 55.5 Å². The summed E-state index contributed by atoms with van der Waals surface area (Å²) in [5.74, 6) is 1.30. The van der Waals surface area contributed by atoms with Gasteiger partial charge in [-0.25, -0.2) is 4.79 Å². The standard InChI is InChI=1S/C23H21ClN4O3/c1-15-11-12-16(17-7-4-5-8-19(17)24)13-22(15)31-14-18-20(9-6-10-21(18)30-3)28-23(29)27(2)25-26-28/h4-13H,14H2,1-3H3. The van der Waals surface area contributed by atoms with Gasteiger partial charge < -0.3 is 9.47 Å². The van der Waals surface area contributed by atoms with Gasteiger partial charge in [0.05, 0.1) is 18.4 Å². The van der Waals surface area contributed by atoms with Crippen LogP contribution in [-0.4, -0.2) is 26.9 Å². The van der Waals surface area contributed by atoms with Gasteiger partial charge in [-0.3, -0.25) is 0 Å². The van der Waals surface area contributed by atoms with E-state index in [1.54, 1.807) is 26.3 Å². The minimum Gasteiger partial charge on any atom is -0.496 e. The van der Waals surface area contributed by atoms with Crippen LogP contribution in [0, 0.1) is 6.92 Å². The first kappa shape index (κ1) is 20.7. The Labute approximate surface area is 184 Å². The molecule has 1 heterocycles. The summed E-state index contributed by atoms with van der Waals surface area (Å²) in [6, 6.07) is 19.0. The third kappa shape index (κ3) is 4.04. The Morgan fingerprint density at radius 2 is 1.81 bits per heavy atom. The van der Waals surface area contributed by atoms with Crippen LogP contribution in [0.25, 0.3) is 16.8 Å². The second-order valence-corrected chi connectivity index (χ2v) is 7.41. The number of aryl methyl sites for hydroxylation is 2. The molecule has 8 heteroatoms. The van der Waals surface area contributed by atoms with Crippen LogP contribution in [0.1, 0.15) is 11.1 Å². The Morgan fingerprint density at radius 3 is 2.52 bits per heavy atom. The Hall–Kier alpha value is -3.58. The van der Waals surface area contributed by atoms with Gasteiger partial charge >= 0.3 is 5.69 Å². The highest BCUT2D eigenvalue weighted by Gasteiger charge is 2.16. The lowest BCUT2D eigenvalue weighted by Crippen LogP contribution is -2.23. The SMILES string of the molecule is COc1cccc(-n2nnn(C)c2=O)c1COc1cc(-c2ccccc2Cl)ccc1C. The van der Waals surface area contributed by atoms with E-state index < -0.39 is 0 Å². The highest BCUT2D eigenvalue weighted by Crippen LogP contribution is 2.33. The average molecular weight is 437 g/mol. The molecule has 7 nitrogen and oxygen atoms in total. The summed E-state index contributed by atoms with van der Waals surface area (Å²) < 4.78 is 14.1. The van der Waals surface area contributed by atoms with E-state index in [2.05, 4.69) is 10.4 Å². The van der Waals surface area contributed by atoms with Gasteiger partial charge in [0, 0.05) is 17.6 Å². The molecule has 0 fully saturated rings. The normalized spacial score (nSPS) is 10.8. The summed E-state index contributed by atoms with van der Waals surface area (Å²) in [7, 11) is 3.12. The Balaban J connectivity index is 1.70. The molecular weight excluding hydrogens is 416 g/mol. The molecule has 0 saturated heterocycles. The molecule has 4 rings (SSSR count). The average Bonchev–Trinajstić information content (AvgIpc) is 3.11. The van der Waals surface area contributed by atoms with E-state index in [1.165, 1.54) is 9.36 Å². The second-order valence-electron chi connectivity index (χ2n) is 7.00. The molecule has 0 saturated carbocycles. The van der Waals surface area contributed by atoms with Crippen molar-refractivity contribution in [2.45, 2.75) is 13.5 Å². The van der Waals surface area contributed by atoms with Crippen LogP contribution < -0.4 is 15.2 Å². The van der Waals surface area contributed by atoms with Gasteiger partial charge in [0.2, 0.25) is 0 Å². The van der Waals surface area contributed by atoms with Crippen LogP contribution in [-0.2, 0) is 13.7 Å². The zero-order valence-electron chi connectivity index (χ0n) is 17.4. The first-order valence-corrected chi connectivity index (χ1v) is 10.0. The number of hydrogen-bond acceptors (Lipinski definition) is 5. The molecule has 158 valence electrons. The van der Waals surface area contributed by atoms with E-state index in [4.69, 9.17) is 21.1 Å². The van der Waals surface area contributed by atoms with Crippen LogP contribution in [0.2, 0.25) is 5.02 Å². The fraction of sp³-hybridized carbons (Fsp3) is 0.174. The van der Waals surface area contributed by atoms with Crippen LogP contribution >= 0.6 is 11.6 Å². The third-order valence-electron chi connectivity index (χ3n) is 5.02. The molecule has 3 aromatic carbocycles. The monoisotopic (exact) mass is 436 g/mol. The summed E-state index contributed by atoms with van der Waals surface area (Å²) in [4.78, 5) is 12.4. The number of rotatable bonds is 6. The summed E-state index contributed by atoms with van der Waals surface area (Å²) in [5, 5.41) is 8.42. The maximum atomic E-state index is 12.4. The fourth-order valence-electron chi connectivity index (χ4n) is 3.32. The van der Waals surface area contributed by atoms with Crippen molar-refractivity contribution >= 4 is 11.6 Å². The summed E-state index contributed by atoms with van der Waals surface area (Å²) in [5.41, 5.74) is 3.75. The molecule has 0 atom stereocenters. The first-order chi connectivity index (χ1) is 15.0. The minimum atomic E-state index is -0.355. The predicted molar refractivity (Wildman–Crippen MR) is 119 cm³/mol. The number of tetrazole rings is 1. The Bertz CT molecular complexity index is 1300. The zero-order valence-corrected chi connectivity index (χ0v) is 18.1. The molecule has 0 aliphatic heterocycles. The van der Waals surface area contributed by atoms with Crippen molar-refractivity contribution in [1.82, 2.24) is 19.8 Å². The van der Waals surface area contributed by atoms with Gasteiger partial charge in [0.1, 0.15) is 18.1 Å². The summed E-state index contributed by atoms with van der Waals surface area (Å²) in [6.07, 6.45) is 0. The topological polar surface area (TPSA) is 71.2 Å². The highest BCUT2D eigenvalue weighted by molar-refractivity contribution is 6.33. The maximum Gasteiger partial charge on any atom is 0.368 e. The third-order valence-corrected chi connectivity index (χ3v) is 5.35. The van der Waals surface area contributed by atoms with E-state index in [9.17, 15) is 4.79 Å². The van der Waals surface area contributed by atoms with Crippen molar-refractivity contribution in [1.29, 1.82) is 0 Å². The van der Waals surface area contributed by atoms with Gasteiger partial charge in [-0.15, -0.1) is 0 Å². The van der Waals surface area contributed by atoms with Crippen LogP contribution in [0.15, 0.2) is 65.5 Å². The predicted octanol–water partition coefficient (Wildman–Crippen LogP) is 4.18. The van der Waals surface area contributed by atoms with Gasteiger partial charge in [0.25, 0.3) is 0 Å². The number of ether oxygens (including phenoxy) is 2. The minimum absolute atomic E-state index is 0.176. The highest BCUT2D eigenvalue weighted by atomic mass is 35.5. The Morgan fingerprint density at radius 1 is 1.00 bits per heavy atom. The van der Waals surface area contributed by atoms with Gasteiger partial charge in [-0.1, -0.05) is 48.0 Å². The van der Waals surface area contributed by atoms with Crippen molar-refractivity contribution in [3.05, 3.63) is 87.3 Å². The first-order valence-electron chi connectivity index (χ1n) is 9.63. The van der Waals surface area contributed by atoms with Crippen molar-refractivity contribution in [3.8, 4) is 28.3 Å². The molecular formula is C23H21ClN4O3. The zero-order chi connectivity index (χ0) is 22.0. The Kier molecular flexibility index (Phi) is 5.77. The molecule has 0 N–H and O–H groups in total. The molecule has 0 aliphatic carbocycles. The summed E-state index contributed by atoms with van der Waals surface area (Å²) >= 11 is 6.36. The second kappa shape index (κ2) is 8.65. The van der Waals surface area contributed by atoms with Gasteiger partial charge in [-0.05, 0) is 52.7 Å². The molecule has 4 aromatic rings. The van der Waals surface area contributed by atoms with Crippen molar-refractivity contribution in [2.75, 3.05) is 7.11 Å². The number of halogens is 1. The van der Waals surface area contributed by atoms with Crippen molar-refractivity contribution in [2.24, 2.45) is 7.05 Å². The van der Waals surface area contributed by atoms with Crippen molar-refractivity contribution < 1.29 is 9.47 Å². The molecule has 0 radical (unpaired) electrons. The molecule has 0 bridgehead atoms. The molecule has 1 aromatic heterocycles. The lowest BCUT2D eigenvalue weighted by Gasteiger charge is -2.16. The molecule has 0 aliphatic rings. The van der Waals surface area contributed by atoms with E-state index >= 15 is 0 Å². The van der Waals surface area contributed by atoms with Crippen LogP contribution in [0.5, 0.6) is 11.5 Å². The van der Waals surface area contributed by atoms with Crippen LogP contribution in [0.4, 0.5) is 0 Å².